The van der Waals surface area contributed by atoms with Gasteiger partial charge in [-0.1, -0.05) is 66.2 Å². The predicted molar refractivity (Wildman–Crippen MR) is 170 cm³/mol. The number of hydrogen-bond acceptors (Lipinski definition) is 6. The minimum Gasteiger partial charge on any atom is -0.341 e. The second kappa shape index (κ2) is 11.9. The van der Waals surface area contributed by atoms with Crippen LogP contribution in [0.2, 0.25) is 0 Å². The summed E-state index contributed by atoms with van der Waals surface area (Å²) in [5, 5.41) is -1.05. The lowest BCUT2D eigenvalue weighted by molar-refractivity contribution is -0.137. The van der Waals surface area contributed by atoms with Gasteiger partial charge in [0.1, 0.15) is 11.1 Å². The van der Waals surface area contributed by atoms with E-state index in [1.807, 2.05) is 4.72 Å². The lowest BCUT2D eigenvalue weighted by atomic mass is 9.94. The van der Waals surface area contributed by atoms with E-state index in [-0.39, 0.29) is 24.2 Å². The quantitative estimate of drug-likeness (QED) is 0.183. The van der Waals surface area contributed by atoms with Crippen LogP contribution in [0, 0.1) is 13.8 Å². The zero-order valence-electron chi connectivity index (χ0n) is 25.1. The Hall–Kier alpha value is -4.53. The number of fused-ring (bicyclic) bond motifs is 1. The molecule has 1 aliphatic rings. The van der Waals surface area contributed by atoms with Gasteiger partial charge in [0.15, 0.2) is 0 Å². The van der Waals surface area contributed by atoms with E-state index >= 15 is 0 Å². The molecule has 1 amide bonds. The summed E-state index contributed by atoms with van der Waals surface area (Å²) in [6, 6.07) is 20.4. The monoisotopic (exact) mass is 682 g/mol. The van der Waals surface area contributed by atoms with Crippen LogP contribution in [0.15, 0.2) is 89.8 Å². The molecule has 9 nitrogen and oxygen atoms in total. The Morgan fingerprint density at radius 1 is 0.957 bits per heavy atom. The van der Waals surface area contributed by atoms with Crippen LogP contribution < -0.4 is 9.44 Å². The molecule has 5 aromatic rings. The Labute approximate surface area is 269 Å². The number of carbonyl (C=O) groups is 1. The van der Waals surface area contributed by atoms with E-state index in [2.05, 4.69) is 14.7 Å². The van der Waals surface area contributed by atoms with Crippen LogP contribution in [0.4, 0.5) is 13.2 Å². The van der Waals surface area contributed by atoms with Gasteiger partial charge in [0.05, 0.1) is 34.0 Å². The summed E-state index contributed by atoms with van der Waals surface area (Å²) in [5.41, 5.74) is 2.66. The predicted octanol–water partition coefficient (Wildman–Crippen LogP) is 6.02. The fourth-order valence-electron chi connectivity index (χ4n) is 5.72. The molecule has 6 rings (SSSR count). The molecule has 14 heteroatoms. The molecule has 2 atom stereocenters. The van der Waals surface area contributed by atoms with Crippen molar-refractivity contribution in [3.05, 3.63) is 119 Å². The molecule has 47 heavy (non-hydrogen) atoms. The van der Waals surface area contributed by atoms with Gasteiger partial charge in [-0.3, -0.25) is 9.52 Å². The molecule has 0 bridgehead atoms. The van der Waals surface area contributed by atoms with Crippen molar-refractivity contribution < 1.29 is 34.8 Å². The highest BCUT2D eigenvalue weighted by atomic mass is 32.2. The van der Waals surface area contributed by atoms with E-state index < -0.39 is 53.9 Å². The number of para-hydroxylation sites is 2. The minimum atomic E-state index is -4.84. The summed E-state index contributed by atoms with van der Waals surface area (Å²) in [6.07, 6.45) is -5.05. The number of nitrogens with zero attached hydrogens (tertiary/aromatic N) is 1. The van der Waals surface area contributed by atoms with E-state index in [0.717, 1.165) is 11.6 Å². The summed E-state index contributed by atoms with van der Waals surface area (Å²) in [7, 11) is -8.41. The lowest BCUT2D eigenvalue weighted by Gasteiger charge is -2.20. The zero-order chi connectivity index (χ0) is 33.7. The molecule has 0 aliphatic carbocycles. The van der Waals surface area contributed by atoms with E-state index in [1.165, 1.54) is 6.07 Å². The highest BCUT2D eigenvalue weighted by molar-refractivity contribution is 7.90. The molecule has 0 radical (unpaired) electrons. The van der Waals surface area contributed by atoms with Gasteiger partial charge in [-0.05, 0) is 72.4 Å². The first-order valence-corrected chi connectivity index (χ1v) is 17.5. The van der Waals surface area contributed by atoms with Crippen molar-refractivity contribution in [1.82, 2.24) is 19.4 Å². The normalized spacial score (nSPS) is 17.1. The molecular weight excluding hydrogens is 654 g/mol. The standard InChI is InChI=1S/C33H29F3N4O5S2/c1-19-7-8-20(2)25(15-19)24-14-13-23(17-26(24)33(34,35)36)46(42,43)39-29(32-37-27-5-3-4-6-28(27)38-32)16-21-9-11-22(12-10-21)30-18-31(41)40-47(30,44)45/h3-15,17,29-30,39H,16,18H2,1-2H3,(H,37,38)(H,40,41)/t29-,30?/m0/s1. The molecule has 244 valence electrons. The van der Waals surface area contributed by atoms with Crippen molar-refractivity contribution in [2.45, 2.75) is 49.1 Å². The number of amides is 1. The van der Waals surface area contributed by atoms with Crippen molar-refractivity contribution in [1.29, 1.82) is 0 Å². The molecule has 1 aromatic heterocycles. The van der Waals surface area contributed by atoms with Crippen LogP contribution in [0.5, 0.6) is 0 Å². The number of imidazole rings is 1. The largest absolute Gasteiger partial charge is 0.417 e. The number of H-pyrrole nitrogens is 1. The van der Waals surface area contributed by atoms with Crippen molar-refractivity contribution >= 4 is 37.0 Å². The van der Waals surface area contributed by atoms with E-state index in [1.54, 1.807) is 80.6 Å². The molecule has 1 fully saturated rings. The summed E-state index contributed by atoms with van der Waals surface area (Å²) in [4.78, 5) is 18.8. The van der Waals surface area contributed by atoms with Gasteiger partial charge in [0.2, 0.25) is 26.0 Å². The maximum atomic E-state index is 14.4. The van der Waals surface area contributed by atoms with Gasteiger partial charge in [-0.15, -0.1) is 0 Å². The SMILES string of the molecule is Cc1ccc(C)c(-c2ccc(S(=O)(=O)N[C@@H](Cc3ccc(C4CC(=O)NS4(=O)=O)cc3)c3nc4ccccc4[nH]3)cc2C(F)(F)F)c1. The maximum Gasteiger partial charge on any atom is 0.417 e. The molecule has 1 saturated heterocycles. The Morgan fingerprint density at radius 2 is 1.68 bits per heavy atom. The number of carbonyl (C=O) groups excluding carboxylic acids is 1. The van der Waals surface area contributed by atoms with Crippen molar-refractivity contribution in [2.75, 3.05) is 0 Å². The third kappa shape index (κ3) is 6.66. The Balaban J connectivity index is 1.36. The van der Waals surface area contributed by atoms with Gasteiger partial charge in [-0.25, -0.2) is 26.5 Å². The number of alkyl halides is 3. The summed E-state index contributed by atoms with van der Waals surface area (Å²) in [6.45, 7) is 3.45. The van der Waals surface area contributed by atoms with Crippen LogP contribution in [0.3, 0.4) is 0 Å². The number of rotatable bonds is 8. The molecule has 2 heterocycles. The number of nitrogens with one attached hydrogen (secondary N) is 3. The zero-order valence-corrected chi connectivity index (χ0v) is 26.7. The number of hydrogen-bond donors (Lipinski definition) is 3. The molecule has 0 saturated carbocycles. The molecule has 1 aliphatic heterocycles. The highest BCUT2D eigenvalue weighted by Crippen LogP contribution is 2.40. The minimum absolute atomic E-state index is 0.0145. The number of aromatic amines is 1. The van der Waals surface area contributed by atoms with Crippen molar-refractivity contribution in [3.63, 3.8) is 0 Å². The number of benzene rings is 4. The fourth-order valence-corrected chi connectivity index (χ4v) is 8.38. The fraction of sp³-hybridized carbons (Fsp3) is 0.212. The van der Waals surface area contributed by atoms with Crippen LogP contribution >= 0.6 is 0 Å². The third-order valence-electron chi connectivity index (χ3n) is 8.12. The third-order valence-corrected chi connectivity index (χ3v) is 11.3. The lowest BCUT2D eigenvalue weighted by Crippen LogP contribution is -2.31. The Morgan fingerprint density at radius 3 is 2.34 bits per heavy atom. The van der Waals surface area contributed by atoms with Gasteiger partial charge >= 0.3 is 6.18 Å². The summed E-state index contributed by atoms with van der Waals surface area (Å²) >= 11 is 0. The number of aryl methyl sites for hydroxylation is 2. The molecule has 3 N–H and O–H groups in total. The molecule has 4 aromatic carbocycles. The topological polar surface area (TPSA) is 138 Å². The summed E-state index contributed by atoms with van der Waals surface area (Å²) < 4.78 is 99.9. The first kappa shape index (κ1) is 32.4. The second-order valence-electron chi connectivity index (χ2n) is 11.5. The smallest absolute Gasteiger partial charge is 0.341 e. The van der Waals surface area contributed by atoms with Gasteiger partial charge in [0.25, 0.3) is 0 Å². The number of sulfonamides is 2. The Bertz CT molecular complexity index is 2200. The van der Waals surface area contributed by atoms with E-state index in [0.29, 0.717) is 39.4 Å². The number of aromatic nitrogens is 2. The average Bonchev–Trinajstić information content (AvgIpc) is 3.56. The number of halogens is 3. The summed E-state index contributed by atoms with van der Waals surface area (Å²) in [5.74, 6) is -0.371. The van der Waals surface area contributed by atoms with E-state index in [4.69, 9.17) is 0 Å². The Kier molecular flexibility index (Phi) is 8.22. The van der Waals surface area contributed by atoms with Crippen LogP contribution in [-0.2, 0) is 37.4 Å². The van der Waals surface area contributed by atoms with Crippen molar-refractivity contribution in [3.8, 4) is 11.1 Å². The maximum absolute atomic E-state index is 14.4. The second-order valence-corrected chi connectivity index (χ2v) is 15.1. The first-order chi connectivity index (χ1) is 22.1. The van der Waals surface area contributed by atoms with E-state index in [9.17, 15) is 34.8 Å². The molecule has 1 unspecified atom stereocenters. The molecular formula is C33H29F3N4O5S2. The van der Waals surface area contributed by atoms with Crippen molar-refractivity contribution in [2.24, 2.45) is 0 Å². The van der Waals surface area contributed by atoms with Crippen LogP contribution in [-0.4, -0.2) is 32.7 Å². The van der Waals surface area contributed by atoms with Crippen LogP contribution in [0.1, 0.15) is 51.4 Å². The first-order valence-electron chi connectivity index (χ1n) is 14.5. The van der Waals surface area contributed by atoms with Gasteiger partial charge in [-0.2, -0.15) is 13.2 Å². The van der Waals surface area contributed by atoms with Gasteiger partial charge < -0.3 is 4.98 Å². The van der Waals surface area contributed by atoms with Gasteiger partial charge in [0, 0.05) is 0 Å². The highest BCUT2D eigenvalue weighted by Gasteiger charge is 2.38. The average molecular weight is 683 g/mol. The van der Waals surface area contributed by atoms with Crippen LogP contribution in [0.25, 0.3) is 22.2 Å². The molecule has 0 spiro atoms.